The maximum absolute atomic E-state index is 12.5. The molecule has 2 rings (SSSR count). The number of nitrogens with one attached hydrogen (secondary N) is 1. The average Bonchev–Trinajstić information content (AvgIpc) is 2.83. The van der Waals surface area contributed by atoms with Crippen molar-refractivity contribution in [2.45, 2.75) is 17.3 Å². The van der Waals surface area contributed by atoms with Crippen LogP contribution in [0, 0.1) is 6.92 Å². The molecular weight excluding hydrogens is 339 g/mol. The lowest BCUT2D eigenvalue weighted by atomic mass is 10.2. The van der Waals surface area contributed by atoms with Gasteiger partial charge in [-0.2, -0.15) is 18.3 Å². The van der Waals surface area contributed by atoms with Gasteiger partial charge >= 0.3 is 5.51 Å². The number of alkyl halides is 3. The second kappa shape index (κ2) is 6.05. The summed E-state index contributed by atoms with van der Waals surface area (Å²) in [5, 5.41) is 6.13. The van der Waals surface area contributed by atoms with Gasteiger partial charge in [-0.1, -0.05) is 12.1 Å². The molecule has 22 heavy (non-hydrogen) atoms. The van der Waals surface area contributed by atoms with Crippen molar-refractivity contribution < 1.29 is 21.6 Å². The van der Waals surface area contributed by atoms with E-state index >= 15 is 0 Å². The fourth-order valence-corrected chi connectivity index (χ4v) is 2.92. The molecule has 0 bridgehead atoms. The largest absolute Gasteiger partial charge is 0.501 e. The minimum absolute atomic E-state index is 0.214. The minimum Gasteiger partial charge on any atom is -0.253 e. The van der Waals surface area contributed by atoms with Gasteiger partial charge in [0.2, 0.25) is 5.13 Å². The summed E-state index contributed by atoms with van der Waals surface area (Å²) in [6, 6.07) is 4.44. The van der Waals surface area contributed by atoms with E-state index in [2.05, 4.69) is 15.5 Å². The van der Waals surface area contributed by atoms with Gasteiger partial charge in [-0.15, -0.1) is 11.3 Å². The van der Waals surface area contributed by atoms with Crippen molar-refractivity contribution >= 4 is 32.5 Å². The molecule has 2 aromatic rings. The van der Waals surface area contributed by atoms with E-state index in [-0.39, 0.29) is 5.56 Å². The predicted octanol–water partition coefficient (Wildman–Crippen LogP) is 3.19. The molecular formula is C12H10F3N3O2S2. The number of halogens is 3. The summed E-state index contributed by atoms with van der Waals surface area (Å²) in [6.45, 7) is 1.80. The smallest absolute Gasteiger partial charge is 0.253 e. The van der Waals surface area contributed by atoms with Crippen LogP contribution in [0.3, 0.4) is 0 Å². The number of rotatable bonds is 4. The molecule has 0 fully saturated rings. The molecule has 118 valence electrons. The van der Waals surface area contributed by atoms with E-state index in [1.165, 1.54) is 29.7 Å². The van der Waals surface area contributed by atoms with E-state index in [4.69, 9.17) is 0 Å². The first kappa shape index (κ1) is 16.4. The number of anilines is 1. The van der Waals surface area contributed by atoms with Crippen molar-refractivity contribution in [3.8, 4) is 0 Å². The highest BCUT2D eigenvalue weighted by molar-refractivity contribution is 7.92. The zero-order valence-electron chi connectivity index (χ0n) is 11.1. The van der Waals surface area contributed by atoms with Crippen molar-refractivity contribution in [1.29, 1.82) is 0 Å². The lowest BCUT2D eigenvalue weighted by molar-refractivity contribution is -0.0436. The Morgan fingerprint density at radius 3 is 2.68 bits per heavy atom. The van der Waals surface area contributed by atoms with Gasteiger partial charge in [0.25, 0.3) is 9.84 Å². The normalized spacial score (nSPS) is 12.7. The average molecular weight is 349 g/mol. The number of nitrogens with zero attached hydrogens (tertiary/aromatic N) is 2. The van der Waals surface area contributed by atoms with Crippen molar-refractivity contribution in [2.24, 2.45) is 5.10 Å². The number of thiazole rings is 1. The molecule has 0 unspecified atom stereocenters. The van der Waals surface area contributed by atoms with E-state index in [9.17, 15) is 21.6 Å². The molecule has 0 saturated heterocycles. The van der Waals surface area contributed by atoms with Crippen LogP contribution < -0.4 is 5.43 Å². The fourth-order valence-electron chi connectivity index (χ4n) is 1.46. The van der Waals surface area contributed by atoms with Crippen LogP contribution >= 0.6 is 11.3 Å². The minimum atomic E-state index is -5.37. The Labute approximate surface area is 128 Å². The van der Waals surface area contributed by atoms with Crippen LogP contribution in [0.25, 0.3) is 0 Å². The quantitative estimate of drug-likeness (QED) is 0.680. The van der Waals surface area contributed by atoms with Crippen molar-refractivity contribution in [3.63, 3.8) is 0 Å². The fraction of sp³-hybridized carbons (Fsp3) is 0.167. The highest BCUT2D eigenvalue weighted by atomic mass is 32.2. The molecule has 1 aromatic heterocycles. The molecule has 0 saturated carbocycles. The summed E-state index contributed by atoms with van der Waals surface area (Å²) < 4.78 is 60.1. The standard InChI is InChI=1S/C12H10F3N3O2S2/c1-8-7-21-11(17-8)18-16-6-9-3-2-4-10(5-9)22(19,20)12(13,14)15/h2-7H,1H3,(H,17,18). The summed E-state index contributed by atoms with van der Waals surface area (Å²) in [4.78, 5) is 3.26. The molecule has 5 nitrogen and oxygen atoms in total. The van der Waals surface area contributed by atoms with E-state index in [0.717, 1.165) is 17.8 Å². The van der Waals surface area contributed by atoms with E-state index in [1.807, 2.05) is 0 Å². The number of hydrogen-bond acceptors (Lipinski definition) is 6. The molecule has 1 aromatic carbocycles. The van der Waals surface area contributed by atoms with Crippen LogP contribution in [0.2, 0.25) is 0 Å². The molecule has 10 heteroatoms. The number of benzene rings is 1. The number of hydrogen-bond donors (Lipinski definition) is 1. The van der Waals surface area contributed by atoms with Gasteiger partial charge in [-0.25, -0.2) is 13.4 Å². The second-order valence-corrected chi connectivity index (χ2v) is 6.99. The van der Waals surface area contributed by atoms with Crippen LogP contribution in [0.15, 0.2) is 39.6 Å². The van der Waals surface area contributed by atoms with Gasteiger partial charge in [-0.05, 0) is 24.6 Å². The summed E-state index contributed by atoms with van der Waals surface area (Å²) in [5.41, 5.74) is -1.71. The van der Waals surface area contributed by atoms with Crippen LogP contribution in [0.4, 0.5) is 18.3 Å². The molecule has 0 radical (unpaired) electrons. The van der Waals surface area contributed by atoms with E-state index in [1.54, 1.807) is 12.3 Å². The number of hydrazone groups is 1. The van der Waals surface area contributed by atoms with Gasteiger partial charge in [-0.3, -0.25) is 5.43 Å². The third-order valence-corrected chi connectivity index (χ3v) is 4.81. The summed E-state index contributed by atoms with van der Waals surface area (Å²) in [5.74, 6) is 0. The number of aromatic nitrogens is 1. The Hall–Kier alpha value is -1.94. The van der Waals surface area contributed by atoms with Gasteiger partial charge in [0.15, 0.2) is 0 Å². The summed E-state index contributed by atoms with van der Waals surface area (Å²) in [7, 11) is -5.37. The zero-order valence-corrected chi connectivity index (χ0v) is 12.8. The number of aryl methyl sites for hydroxylation is 1. The van der Waals surface area contributed by atoms with E-state index in [0.29, 0.717) is 5.13 Å². The first-order chi connectivity index (χ1) is 10.2. The van der Waals surface area contributed by atoms with Gasteiger partial charge < -0.3 is 0 Å². The molecule has 0 spiro atoms. The van der Waals surface area contributed by atoms with Gasteiger partial charge in [0.05, 0.1) is 16.8 Å². The van der Waals surface area contributed by atoms with Crippen LogP contribution in [-0.2, 0) is 9.84 Å². The van der Waals surface area contributed by atoms with Crippen molar-refractivity contribution in [3.05, 3.63) is 40.9 Å². The van der Waals surface area contributed by atoms with Gasteiger partial charge in [0, 0.05) is 5.38 Å². The van der Waals surface area contributed by atoms with Gasteiger partial charge in [0.1, 0.15) is 0 Å². The highest BCUT2D eigenvalue weighted by Gasteiger charge is 2.46. The molecule has 0 amide bonds. The Morgan fingerprint density at radius 1 is 1.36 bits per heavy atom. The van der Waals surface area contributed by atoms with Crippen LogP contribution in [0.5, 0.6) is 0 Å². The molecule has 0 atom stereocenters. The first-order valence-electron chi connectivity index (χ1n) is 5.83. The molecule has 0 aliphatic heterocycles. The molecule has 0 aliphatic carbocycles. The molecule has 1 N–H and O–H groups in total. The molecule has 1 heterocycles. The van der Waals surface area contributed by atoms with E-state index < -0.39 is 20.2 Å². The topological polar surface area (TPSA) is 71.4 Å². The number of sulfone groups is 1. The summed E-state index contributed by atoms with van der Waals surface area (Å²) in [6.07, 6.45) is 1.21. The third kappa shape index (κ3) is 3.63. The van der Waals surface area contributed by atoms with Crippen LogP contribution in [-0.4, -0.2) is 25.1 Å². The lowest BCUT2D eigenvalue weighted by Gasteiger charge is -2.08. The second-order valence-electron chi connectivity index (χ2n) is 4.19. The SMILES string of the molecule is Cc1csc(NN=Cc2cccc(S(=O)(=O)C(F)(F)F)c2)n1. The lowest BCUT2D eigenvalue weighted by Crippen LogP contribution is -2.23. The first-order valence-corrected chi connectivity index (χ1v) is 8.19. The van der Waals surface area contributed by atoms with Crippen molar-refractivity contribution in [1.82, 2.24) is 4.98 Å². The highest BCUT2D eigenvalue weighted by Crippen LogP contribution is 2.30. The Bertz CT molecular complexity index is 798. The predicted molar refractivity (Wildman–Crippen MR) is 77.8 cm³/mol. The Balaban J connectivity index is 2.19. The molecule has 0 aliphatic rings. The Kier molecular flexibility index (Phi) is 4.52. The van der Waals surface area contributed by atoms with Crippen LogP contribution in [0.1, 0.15) is 11.3 Å². The zero-order chi connectivity index (χ0) is 16.4. The maximum Gasteiger partial charge on any atom is 0.501 e. The monoisotopic (exact) mass is 349 g/mol. The Morgan fingerprint density at radius 2 is 2.09 bits per heavy atom. The van der Waals surface area contributed by atoms with Crippen molar-refractivity contribution in [2.75, 3.05) is 5.43 Å². The maximum atomic E-state index is 12.5. The summed E-state index contributed by atoms with van der Waals surface area (Å²) >= 11 is 1.31. The third-order valence-electron chi connectivity index (χ3n) is 2.47.